The predicted octanol–water partition coefficient (Wildman–Crippen LogP) is 2.01. The number of hydrogen-bond acceptors (Lipinski definition) is 4. The van der Waals surface area contributed by atoms with E-state index in [2.05, 4.69) is 15.3 Å². The maximum Gasteiger partial charge on any atom is 0.174 e. The molecule has 1 aliphatic rings. The van der Waals surface area contributed by atoms with Crippen LogP contribution in [-0.4, -0.2) is 32.0 Å². The number of carbonyl (C=O) groups excluding carboxylic acids is 1. The van der Waals surface area contributed by atoms with E-state index in [1.54, 1.807) is 17.0 Å². The monoisotopic (exact) mass is 395 g/mol. The number of H-pyrrole nitrogens is 1. The number of carbonyl (C=O) groups is 1. The van der Waals surface area contributed by atoms with Crippen molar-refractivity contribution in [2.45, 2.75) is 18.5 Å². The molecule has 28 heavy (non-hydrogen) atoms. The van der Waals surface area contributed by atoms with Crippen LogP contribution in [0.15, 0.2) is 60.9 Å². The van der Waals surface area contributed by atoms with Crippen molar-refractivity contribution >= 4 is 29.0 Å². The molecule has 2 N–H and O–H groups in total. The van der Waals surface area contributed by atoms with E-state index in [0.29, 0.717) is 17.0 Å². The van der Waals surface area contributed by atoms with Gasteiger partial charge in [-0.2, -0.15) is 0 Å². The molecule has 0 saturated heterocycles. The van der Waals surface area contributed by atoms with Crippen LogP contribution in [-0.2, 0) is 11.2 Å². The molecule has 0 amide bonds. The molecule has 0 bridgehead atoms. The zero-order valence-electron chi connectivity index (χ0n) is 14.6. The maximum atomic E-state index is 13.5. The molecule has 3 aromatic rings. The van der Waals surface area contributed by atoms with Crippen molar-refractivity contribution in [3.8, 4) is 0 Å². The highest BCUT2D eigenvalue weighted by Gasteiger charge is 2.39. The Balaban J connectivity index is 1.79. The summed E-state index contributed by atoms with van der Waals surface area (Å²) >= 11 is 5.57. The lowest BCUT2D eigenvalue weighted by molar-refractivity contribution is -0.311. The van der Waals surface area contributed by atoms with E-state index < -0.39 is 18.1 Å². The fourth-order valence-corrected chi connectivity index (χ4v) is 3.81. The van der Waals surface area contributed by atoms with Gasteiger partial charge in [0.05, 0.1) is 24.0 Å². The van der Waals surface area contributed by atoms with Gasteiger partial charge in [0.1, 0.15) is 11.9 Å². The van der Waals surface area contributed by atoms with Gasteiger partial charge >= 0.3 is 0 Å². The van der Waals surface area contributed by atoms with Gasteiger partial charge in [-0.15, -0.1) is 0 Å². The largest absolute Gasteiger partial charge is 0.548 e. The van der Waals surface area contributed by atoms with Crippen LogP contribution in [0.1, 0.15) is 23.0 Å². The summed E-state index contributed by atoms with van der Waals surface area (Å²) in [6.07, 6.45) is 1.69. The van der Waals surface area contributed by atoms with Gasteiger partial charge in [0, 0.05) is 17.8 Å². The molecule has 0 spiro atoms. The quantitative estimate of drug-likeness (QED) is 0.660. The van der Waals surface area contributed by atoms with Gasteiger partial charge in [0.25, 0.3) is 0 Å². The summed E-state index contributed by atoms with van der Waals surface area (Å²) in [4.78, 5) is 20.9. The van der Waals surface area contributed by atoms with Crippen LogP contribution in [0.3, 0.4) is 0 Å². The lowest BCUT2D eigenvalue weighted by Crippen LogP contribution is -2.56. The number of fused-ring (bicyclic) bond motifs is 1. The van der Waals surface area contributed by atoms with Gasteiger partial charge < -0.3 is 25.1 Å². The summed E-state index contributed by atoms with van der Waals surface area (Å²) in [7, 11) is 0. The number of nitrogens with one attached hydrogen (secondary N) is 2. The van der Waals surface area contributed by atoms with Crippen molar-refractivity contribution in [1.82, 2.24) is 14.9 Å². The van der Waals surface area contributed by atoms with E-state index >= 15 is 0 Å². The SMILES string of the molecule is O=C([O-])[C@@H]1Cc2[nH]cnc2[C@@H](c2ccc(F)cc2)N1C(=S)Nc1ccccc1. The molecule has 2 aromatic carbocycles. The van der Waals surface area contributed by atoms with Gasteiger partial charge in [0.2, 0.25) is 0 Å². The first-order chi connectivity index (χ1) is 13.5. The molecule has 0 radical (unpaired) electrons. The summed E-state index contributed by atoms with van der Waals surface area (Å²) in [5.74, 6) is -1.63. The highest BCUT2D eigenvalue weighted by molar-refractivity contribution is 7.80. The van der Waals surface area contributed by atoms with Crippen molar-refractivity contribution in [1.29, 1.82) is 0 Å². The second-order valence-electron chi connectivity index (χ2n) is 6.46. The average molecular weight is 395 g/mol. The molecule has 1 aliphatic heterocycles. The highest BCUT2D eigenvalue weighted by Crippen LogP contribution is 2.36. The first-order valence-corrected chi connectivity index (χ1v) is 9.08. The zero-order chi connectivity index (χ0) is 19.7. The number of aliphatic carboxylic acids is 1. The number of rotatable bonds is 3. The van der Waals surface area contributed by atoms with E-state index in [4.69, 9.17) is 12.2 Å². The average Bonchev–Trinajstić information content (AvgIpc) is 3.16. The first-order valence-electron chi connectivity index (χ1n) is 8.67. The van der Waals surface area contributed by atoms with Crippen molar-refractivity contribution in [3.05, 3.63) is 83.7 Å². The van der Waals surface area contributed by atoms with Crippen LogP contribution in [0, 0.1) is 5.82 Å². The molecule has 0 unspecified atom stereocenters. The molecule has 1 aromatic heterocycles. The Hall–Kier alpha value is -3.26. The molecular weight excluding hydrogens is 379 g/mol. The number of nitrogens with zero attached hydrogens (tertiary/aromatic N) is 2. The van der Waals surface area contributed by atoms with Gasteiger partial charge in [-0.25, -0.2) is 9.37 Å². The van der Waals surface area contributed by atoms with Crippen LogP contribution < -0.4 is 10.4 Å². The number of thiocarbonyl (C=S) groups is 1. The Bertz CT molecular complexity index is 1010. The molecule has 2 heterocycles. The Morgan fingerprint density at radius 2 is 1.93 bits per heavy atom. The fraction of sp³-hybridized carbons (Fsp3) is 0.150. The van der Waals surface area contributed by atoms with E-state index in [-0.39, 0.29) is 17.4 Å². The predicted molar refractivity (Wildman–Crippen MR) is 104 cm³/mol. The molecule has 8 heteroatoms. The van der Waals surface area contributed by atoms with Gasteiger partial charge in [-0.1, -0.05) is 30.3 Å². The number of imidazole rings is 1. The first kappa shape index (κ1) is 18.1. The number of para-hydroxylation sites is 1. The van der Waals surface area contributed by atoms with Gasteiger partial charge in [-0.3, -0.25) is 0 Å². The summed E-state index contributed by atoms with van der Waals surface area (Å²) < 4.78 is 13.5. The molecule has 142 valence electrons. The van der Waals surface area contributed by atoms with Crippen LogP contribution in [0.5, 0.6) is 0 Å². The van der Waals surface area contributed by atoms with E-state index in [1.165, 1.54) is 18.5 Å². The molecule has 0 fully saturated rings. The highest BCUT2D eigenvalue weighted by atomic mass is 32.1. The molecule has 6 nitrogen and oxygen atoms in total. The third kappa shape index (κ3) is 3.34. The number of carboxylic acid groups (broad SMARTS) is 1. The summed E-state index contributed by atoms with van der Waals surface area (Å²) in [5, 5.41) is 15.3. The minimum Gasteiger partial charge on any atom is -0.548 e. The molecule has 2 atom stereocenters. The summed E-state index contributed by atoms with van der Waals surface area (Å²) in [5.41, 5.74) is 2.76. The Morgan fingerprint density at radius 1 is 1.21 bits per heavy atom. The number of anilines is 1. The Morgan fingerprint density at radius 3 is 2.61 bits per heavy atom. The van der Waals surface area contributed by atoms with Crippen molar-refractivity contribution in [2.24, 2.45) is 0 Å². The number of aromatic amines is 1. The second-order valence-corrected chi connectivity index (χ2v) is 6.85. The summed E-state index contributed by atoms with van der Waals surface area (Å²) in [6, 6.07) is 13.5. The smallest absolute Gasteiger partial charge is 0.174 e. The molecular formula is C20H16FN4O2S-. The molecule has 0 aliphatic carbocycles. The second kappa shape index (κ2) is 7.40. The topological polar surface area (TPSA) is 84.1 Å². The zero-order valence-corrected chi connectivity index (χ0v) is 15.4. The molecule has 4 rings (SSSR count). The standard InChI is InChI=1S/C20H17FN4O2S/c21-13-8-6-12(7-9-13)18-17-15(22-11-23-17)10-16(19(26)27)25(18)20(28)24-14-4-2-1-3-5-14/h1-9,11,16,18H,10H2,(H,22,23)(H,24,28)(H,26,27)/p-1/t16-,18+/m0/s1. The Kier molecular flexibility index (Phi) is 4.79. The summed E-state index contributed by atoms with van der Waals surface area (Å²) in [6.45, 7) is 0. The lowest BCUT2D eigenvalue weighted by Gasteiger charge is -2.43. The number of aromatic nitrogens is 2. The van der Waals surface area contributed by atoms with Crippen LogP contribution >= 0.6 is 12.2 Å². The maximum absolute atomic E-state index is 13.5. The van der Waals surface area contributed by atoms with Crippen molar-refractivity contribution < 1.29 is 14.3 Å². The number of halogens is 1. The minimum absolute atomic E-state index is 0.173. The fourth-order valence-electron chi connectivity index (χ4n) is 3.46. The molecule has 0 saturated carbocycles. The van der Waals surface area contributed by atoms with E-state index in [1.807, 2.05) is 30.3 Å². The number of benzene rings is 2. The van der Waals surface area contributed by atoms with Crippen LogP contribution in [0.25, 0.3) is 0 Å². The minimum atomic E-state index is -1.25. The lowest BCUT2D eigenvalue weighted by atomic mass is 9.91. The van der Waals surface area contributed by atoms with E-state index in [9.17, 15) is 14.3 Å². The van der Waals surface area contributed by atoms with Crippen molar-refractivity contribution in [2.75, 3.05) is 5.32 Å². The van der Waals surface area contributed by atoms with Crippen molar-refractivity contribution in [3.63, 3.8) is 0 Å². The Labute approximate surface area is 166 Å². The van der Waals surface area contributed by atoms with E-state index in [0.717, 1.165) is 5.69 Å². The van der Waals surface area contributed by atoms with Gasteiger partial charge in [0.15, 0.2) is 5.11 Å². The number of carboxylic acids is 1. The third-order valence-corrected chi connectivity index (χ3v) is 5.05. The van der Waals surface area contributed by atoms with Gasteiger partial charge in [-0.05, 0) is 42.0 Å². The van der Waals surface area contributed by atoms with Crippen LogP contribution in [0.4, 0.5) is 10.1 Å². The normalized spacial score (nSPS) is 18.4. The van der Waals surface area contributed by atoms with Crippen LogP contribution in [0.2, 0.25) is 0 Å². The third-order valence-electron chi connectivity index (χ3n) is 4.74. The number of hydrogen-bond donors (Lipinski definition) is 2.